The molecular weight excluding hydrogens is 506 g/mol. The van der Waals surface area contributed by atoms with Crippen LogP contribution in [0.4, 0.5) is 0 Å². The number of ether oxygens (including phenoxy) is 2. The lowest BCUT2D eigenvalue weighted by atomic mass is 10.1. The first-order valence-electron chi connectivity index (χ1n) is 11.6. The van der Waals surface area contributed by atoms with Crippen LogP contribution >= 0.6 is 15.9 Å². The number of benzene rings is 3. The van der Waals surface area contributed by atoms with E-state index in [0.717, 1.165) is 61.1 Å². The number of aryl methyl sites for hydroxylation is 1. The molecule has 0 radical (unpaired) electrons. The molecule has 0 amide bonds. The van der Waals surface area contributed by atoms with Crippen LogP contribution in [0.15, 0.2) is 83.5 Å². The summed E-state index contributed by atoms with van der Waals surface area (Å²) in [6.07, 6.45) is 3.30. The van der Waals surface area contributed by atoms with Crippen molar-refractivity contribution >= 4 is 37.9 Å². The molecule has 6 nitrogen and oxygen atoms in total. The topological polar surface area (TPSA) is 60.4 Å². The molecule has 0 aliphatic carbocycles. The van der Waals surface area contributed by atoms with Gasteiger partial charge in [0.15, 0.2) is 5.52 Å². The molecule has 7 heteroatoms. The Hall–Kier alpha value is -3.42. The lowest BCUT2D eigenvalue weighted by molar-refractivity contribution is -0.883. The zero-order valence-corrected chi connectivity index (χ0v) is 21.1. The molecule has 0 unspecified atom stereocenters. The van der Waals surface area contributed by atoms with Crippen molar-refractivity contribution in [2.75, 3.05) is 13.7 Å². The molecule has 2 aromatic heterocycles. The van der Waals surface area contributed by atoms with Gasteiger partial charge in [0.2, 0.25) is 0 Å². The van der Waals surface area contributed by atoms with Crippen LogP contribution in [0.25, 0.3) is 21.9 Å². The Morgan fingerprint density at radius 1 is 1.00 bits per heavy atom. The maximum Gasteiger partial charge on any atom is 0.267 e. The van der Waals surface area contributed by atoms with Crippen molar-refractivity contribution in [1.29, 1.82) is 0 Å². The number of nitrogens with zero attached hydrogens (tertiary/aromatic N) is 3. The Labute approximate surface area is 212 Å². The van der Waals surface area contributed by atoms with Crippen LogP contribution < -0.4 is 9.47 Å². The largest absolute Gasteiger partial charge is 0.497 e. The van der Waals surface area contributed by atoms with Gasteiger partial charge in [-0.05, 0) is 41.8 Å². The van der Waals surface area contributed by atoms with Crippen molar-refractivity contribution < 1.29 is 19.4 Å². The van der Waals surface area contributed by atoms with Crippen LogP contribution in [0.1, 0.15) is 23.4 Å². The number of fused-ring (bicyclic) bond motifs is 3. The number of imidazole rings is 1. The summed E-state index contributed by atoms with van der Waals surface area (Å²) >= 11 is 3.51. The van der Waals surface area contributed by atoms with E-state index in [9.17, 15) is 5.21 Å². The summed E-state index contributed by atoms with van der Waals surface area (Å²) in [6.45, 7) is 1.92. The minimum Gasteiger partial charge on any atom is -0.497 e. The van der Waals surface area contributed by atoms with Crippen LogP contribution in [0.3, 0.4) is 0 Å². The average Bonchev–Trinajstić information content (AvgIpc) is 3.21. The Morgan fingerprint density at radius 2 is 1.80 bits per heavy atom. The summed E-state index contributed by atoms with van der Waals surface area (Å²) in [5, 5.41) is 11.6. The molecule has 0 atom stereocenters. The lowest BCUT2D eigenvalue weighted by Gasteiger charge is -2.11. The minimum atomic E-state index is 0.604. The molecule has 178 valence electrons. The van der Waals surface area contributed by atoms with E-state index in [1.54, 1.807) is 13.3 Å². The normalized spacial score (nSPS) is 11.4. The molecule has 0 aliphatic heterocycles. The highest BCUT2D eigenvalue weighted by atomic mass is 79.9. The molecule has 2 heterocycles. The van der Waals surface area contributed by atoms with Gasteiger partial charge in [-0.25, -0.2) is 4.98 Å². The SMILES string of the molecule is COc1ccc(Cn2c(CCCOCc3ccccc3)nc3c[n+](O)c4cc(Br)ccc4c32)cc1. The first-order valence-corrected chi connectivity index (χ1v) is 12.4. The third kappa shape index (κ3) is 5.16. The van der Waals surface area contributed by atoms with Gasteiger partial charge in [-0.2, -0.15) is 0 Å². The molecule has 0 saturated heterocycles. The fourth-order valence-corrected chi connectivity index (χ4v) is 4.69. The fraction of sp³-hybridized carbons (Fsp3) is 0.214. The molecular formula is C28H27BrN3O3+. The Morgan fingerprint density at radius 3 is 2.57 bits per heavy atom. The van der Waals surface area contributed by atoms with E-state index in [1.807, 2.05) is 48.5 Å². The number of halogens is 1. The first-order chi connectivity index (χ1) is 17.1. The Bertz CT molecular complexity index is 1450. The summed E-state index contributed by atoms with van der Waals surface area (Å²) in [7, 11) is 1.67. The number of aromatic nitrogens is 3. The highest BCUT2D eigenvalue weighted by Gasteiger charge is 2.21. The van der Waals surface area contributed by atoms with E-state index < -0.39 is 0 Å². The van der Waals surface area contributed by atoms with Crippen LogP contribution in [-0.4, -0.2) is 28.5 Å². The van der Waals surface area contributed by atoms with Gasteiger partial charge >= 0.3 is 0 Å². The van der Waals surface area contributed by atoms with Gasteiger partial charge in [-0.15, -0.1) is 0 Å². The lowest BCUT2D eigenvalue weighted by Crippen LogP contribution is -2.30. The third-order valence-electron chi connectivity index (χ3n) is 6.08. The Kier molecular flexibility index (Phi) is 6.97. The molecule has 3 aromatic carbocycles. The number of rotatable bonds is 9. The van der Waals surface area contributed by atoms with Gasteiger partial charge in [0.05, 0.1) is 24.6 Å². The van der Waals surface area contributed by atoms with Gasteiger partial charge in [0.25, 0.3) is 11.7 Å². The predicted octanol–water partition coefficient (Wildman–Crippen LogP) is 5.68. The van der Waals surface area contributed by atoms with Gasteiger partial charge < -0.3 is 14.0 Å². The standard InChI is InChI=1S/C28H27BrN3O3/c1-34-23-12-9-20(10-13-23)17-31-27(8-5-15-35-19-21-6-3-2-4-7-21)30-25-18-32(33)26-16-22(29)11-14-24(26)28(25)31/h2-4,6-7,9-14,16,18,33H,5,8,15,17,19H2,1H3/q+1. The second kappa shape index (κ2) is 10.5. The smallest absolute Gasteiger partial charge is 0.267 e. The fourth-order valence-electron chi connectivity index (χ4n) is 4.34. The minimum absolute atomic E-state index is 0.604. The summed E-state index contributed by atoms with van der Waals surface area (Å²) < 4.78 is 15.5. The zero-order valence-electron chi connectivity index (χ0n) is 19.5. The summed E-state index contributed by atoms with van der Waals surface area (Å²) in [5.74, 6) is 1.80. The monoisotopic (exact) mass is 532 g/mol. The molecule has 0 fully saturated rings. The van der Waals surface area contributed by atoms with Gasteiger partial charge in [-0.1, -0.05) is 58.4 Å². The third-order valence-corrected chi connectivity index (χ3v) is 6.57. The van der Waals surface area contributed by atoms with Gasteiger partial charge in [0, 0.05) is 34.8 Å². The zero-order chi connectivity index (χ0) is 24.2. The second-order valence-corrected chi connectivity index (χ2v) is 9.39. The molecule has 0 spiro atoms. The van der Waals surface area contributed by atoms with Crippen molar-refractivity contribution in [2.24, 2.45) is 0 Å². The van der Waals surface area contributed by atoms with E-state index >= 15 is 0 Å². The summed E-state index contributed by atoms with van der Waals surface area (Å²) in [6, 6.07) is 24.2. The maximum atomic E-state index is 10.6. The van der Waals surface area contributed by atoms with Crippen molar-refractivity contribution in [3.8, 4) is 5.75 Å². The quantitative estimate of drug-likeness (QED) is 0.150. The number of methoxy groups -OCH3 is 1. The maximum absolute atomic E-state index is 10.6. The second-order valence-electron chi connectivity index (χ2n) is 8.47. The van der Waals surface area contributed by atoms with Gasteiger partial charge in [-0.3, -0.25) is 5.21 Å². The average molecular weight is 533 g/mol. The molecule has 0 aliphatic rings. The molecule has 0 bridgehead atoms. The summed E-state index contributed by atoms with van der Waals surface area (Å²) in [5.41, 5.74) is 4.81. The van der Waals surface area contributed by atoms with Crippen LogP contribution in [-0.2, 0) is 24.3 Å². The molecule has 5 rings (SSSR count). The van der Waals surface area contributed by atoms with Crippen molar-refractivity contribution in [2.45, 2.75) is 26.0 Å². The van der Waals surface area contributed by atoms with Crippen LogP contribution in [0.2, 0.25) is 0 Å². The number of hydrogen-bond donors (Lipinski definition) is 1. The highest BCUT2D eigenvalue weighted by molar-refractivity contribution is 9.10. The number of pyridine rings is 1. The molecule has 1 N–H and O–H groups in total. The highest BCUT2D eigenvalue weighted by Crippen LogP contribution is 2.28. The van der Waals surface area contributed by atoms with Crippen molar-refractivity contribution in [3.05, 3.63) is 100 Å². The van der Waals surface area contributed by atoms with E-state index in [1.165, 1.54) is 5.56 Å². The Balaban J connectivity index is 1.45. The van der Waals surface area contributed by atoms with Crippen LogP contribution in [0.5, 0.6) is 5.75 Å². The molecule has 0 saturated carbocycles. The van der Waals surface area contributed by atoms with E-state index in [4.69, 9.17) is 14.5 Å². The summed E-state index contributed by atoms with van der Waals surface area (Å²) in [4.78, 5) is 4.92. The first kappa shape index (κ1) is 23.3. The van der Waals surface area contributed by atoms with Crippen LogP contribution in [0, 0.1) is 0 Å². The van der Waals surface area contributed by atoms with E-state index in [0.29, 0.717) is 19.8 Å². The molecule has 5 aromatic rings. The van der Waals surface area contributed by atoms with Crippen molar-refractivity contribution in [3.63, 3.8) is 0 Å². The van der Waals surface area contributed by atoms with E-state index in [2.05, 4.69) is 44.8 Å². The van der Waals surface area contributed by atoms with Gasteiger partial charge in [0.1, 0.15) is 11.6 Å². The predicted molar refractivity (Wildman–Crippen MR) is 139 cm³/mol. The number of hydrogen-bond acceptors (Lipinski definition) is 4. The molecule has 35 heavy (non-hydrogen) atoms. The van der Waals surface area contributed by atoms with Crippen molar-refractivity contribution in [1.82, 2.24) is 9.55 Å². The van der Waals surface area contributed by atoms with E-state index in [-0.39, 0.29) is 0 Å².